The van der Waals surface area contributed by atoms with E-state index in [0.29, 0.717) is 0 Å². The Labute approximate surface area is 207 Å². The van der Waals surface area contributed by atoms with Gasteiger partial charge in [-0.25, -0.2) is 4.98 Å². The first-order chi connectivity index (χ1) is 17.0. The Morgan fingerprint density at radius 1 is 0.889 bits per heavy atom. The molecule has 0 unspecified atom stereocenters. The van der Waals surface area contributed by atoms with Crippen molar-refractivity contribution in [2.75, 3.05) is 10.6 Å². The predicted octanol–water partition coefficient (Wildman–Crippen LogP) is 8.20. The summed E-state index contributed by atoms with van der Waals surface area (Å²) in [6, 6.07) is 9.92. The second-order valence-electron chi connectivity index (χ2n) is 8.30. The zero-order valence-electron chi connectivity index (χ0n) is 18.7. The Balaban J connectivity index is 1.74. The number of alkyl halides is 6. The van der Waals surface area contributed by atoms with Gasteiger partial charge in [0.25, 0.3) is 0 Å². The fraction of sp³-hybridized carbons (Fsp3) is 0.333. The van der Waals surface area contributed by atoms with Crippen molar-refractivity contribution < 1.29 is 31.1 Å². The zero-order chi connectivity index (χ0) is 25.9. The summed E-state index contributed by atoms with van der Waals surface area (Å²) in [6.07, 6.45) is -4.72. The zero-order valence-corrected chi connectivity index (χ0v) is 19.4. The van der Waals surface area contributed by atoms with Gasteiger partial charge in [0.2, 0.25) is 5.95 Å². The fourth-order valence-electron chi connectivity index (χ4n) is 4.02. The lowest BCUT2D eigenvalue weighted by Crippen LogP contribution is -2.23. The highest BCUT2D eigenvalue weighted by Crippen LogP contribution is 2.40. The third-order valence-electron chi connectivity index (χ3n) is 5.60. The van der Waals surface area contributed by atoms with E-state index in [1.165, 1.54) is 30.3 Å². The molecule has 5 nitrogen and oxygen atoms in total. The van der Waals surface area contributed by atoms with E-state index in [2.05, 4.69) is 25.3 Å². The average Bonchev–Trinajstić information content (AvgIpc) is 2.79. The van der Waals surface area contributed by atoms with Crippen LogP contribution < -0.4 is 15.4 Å². The number of hydrogen-bond acceptors (Lipinski definition) is 5. The fourth-order valence-corrected chi connectivity index (χ4v) is 4.24. The van der Waals surface area contributed by atoms with Crippen LogP contribution >= 0.6 is 11.6 Å². The molecule has 2 N–H and O–H groups in total. The molecule has 0 amide bonds. The topological polar surface area (TPSA) is 59.1 Å². The number of halogens is 7. The molecule has 1 heterocycles. The van der Waals surface area contributed by atoms with E-state index >= 15 is 0 Å². The molecule has 1 aromatic heterocycles. The summed E-state index contributed by atoms with van der Waals surface area (Å²) < 4.78 is 82.9. The molecule has 0 atom stereocenters. The van der Waals surface area contributed by atoms with Crippen LogP contribution in [0, 0.1) is 0 Å². The molecule has 1 aliphatic rings. The molecule has 192 valence electrons. The maximum atomic E-state index is 13.6. The molecule has 0 spiro atoms. The van der Waals surface area contributed by atoms with Gasteiger partial charge in [-0.2, -0.15) is 18.2 Å². The minimum absolute atomic E-state index is 0.0148. The van der Waals surface area contributed by atoms with Crippen molar-refractivity contribution in [1.82, 2.24) is 9.97 Å². The molecular weight excluding hydrogens is 510 g/mol. The molecule has 0 saturated heterocycles. The molecular formula is C24H21ClF6N4O. The summed E-state index contributed by atoms with van der Waals surface area (Å²) in [6.45, 7) is 0. The maximum absolute atomic E-state index is 13.6. The monoisotopic (exact) mass is 530 g/mol. The van der Waals surface area contributed by atoms with Crippen molar-refractivity contribution in [1.29, 1.82) is 0 Å². The molecule has 1 aliphatic carbocycles. The number of ether oxygens (including phenoxy) is 1. The highest BCUT2D eigenvalue weighted by Gasteiger charge is 2.35. The van der Waals surface area contributed by atoms with Crippen LogP contribution in [0.1, 0.15) is 37.7 Å². The molecule has 4 rings (SSSR count). The van der Waals surface area contributed by atoms with Gasteiger partial charge in [0, 0.05) is 17.7 Å². The lowest BCUT2D eigenvalue weighted by molar-refractivity contribution is -0.274. The van der Waals surface area contributed by atoms with Crippen molar-refractivity contribution in [2.24, 2.45) is 0 Å². The first kappa shape index (κ1) is 25.9. The van der Waals surface area contributed by atoms with E-state index in [9.17, 15) is 26.3 Å². The normalized spacial score (nSPS) is 15.0. The molecule has 0 radical (unpaired) electrons. The van der Waals surface area contributed by atoms with Crippen molar-refractivity contribution in [3.8, 4) is 17.0 Å². The highest BCUT2D eigenvalue weighted by atomic mass is 35.5. The van der Waals surface area contributed by atoms with Crippen molar-refractivity contribution in [3.63, 3.8) is 0 Å². The first-order valence-corrected chi connectivity index (χ1v) is 11.5. The molecule has 1 fully saturated rings. The molecule has 12 heteroatoms. The smallest absolute Gasteiger partial charge is 0.406 e. The van der Waals surface area contributed by atoms with Gasteiger partial charge in [-0.15, -0.1) is 13.2 Å². The SMILES string of the molecule is FC(F)(F)Oc1cccc(-c2cc(Nc3c(Cl)cccc3C(F)(F)F)nc(NC3CCCCC3)n2)c1. The minimum atomic E-state index is -4.89. The Bertz CT molecular complexity index is 1210. The van der Waals surface area contributed by atoms with E-state index < -0.39 is 29.5 Å². The van der Waals surface area contributed by atoms with E-state index in [-0.39, 0.29) is 34.1 Å². The second-order valence-corrected chi connectivity index (χ2v) is 8.71. The van der Waals surface area contributed by atoms with E-state index in [1.54, 1.807) is 0 Å². The Morgan fingerprint density at radius 3 is 2.31 bits per heavy atom. The number of rotatable bonds is 6. The quantitative estimate of drug-likeness (QED) is 0.315. The highest BCUT2D eigenvalue weighted by molar-refractivity contribution is 6.33. The number of hydrogen-bond donors (Lipinski definition) is 2. The summed E-state index contributed by atoms with van der Waals surface area (Å²) in [4.78, 5) is 8.74. The molecule has 3 aromatic rings. The van der Waals surface area contributed by atoms with Gasteiger partial charge >= 0.3 is 12.5 Å². The number of para-hydroxylation sites is 1. The third-order valence-corrected chi connectivity index (χ3v) is 5.91. The largest absolute Gasteiger partial charge is 0.573 e. The Morgan fingerprint density at radius 2 is 1.61 bits per heavy atom. The number of nitrogens with one attached hydrogen (secondary N) is 2. The van der Waals surface area contributed by atoms with Crippen LogP contribution in [0.25, 0.3) is 11.3 Å². The summed E-state index contributed by atoms with van der Waals surface area (Å²) in [7, 11) is 0. The average molecular weight is 531 g/mol. The maximum Gasteiger partial charge on any atom is 0.573 e. The van der Waals surface area contributed by atoms with Crippen LogP contribution in [-0.4, -0.2) is 22.4 Å². The summed E-state index contributed by atoms with van der Waals surface area (Å²) >= 11 is 6.08. The molecule has 1 saturated carbocycles. The van der Waals surface area contributed by atoms with Gasteiger partial charge in [0.05, 0.1) is 22.0 Å². The van der Waals surface area contributed by atoms with Crippen LogP contribution in [0.15, 0.2) is 48.5 Å². The number of nitrogens with zero attached hydrogens (tertiary/aromatic N) is 2. The van der Waals surface area contributed by atoms with Gasteiger partial charge < -0.3 is 15.4 Å². The van der Waals surface area contributed by atoms with Crippen LogP contribution in [0.3, 0.4) is 0 Å². The molecule has 36 heavy (non-hydrogen) atoms. The van der Waals surface area contributed by atoms with E-state index in [1.807, 2.05) is 0 Å². The first-order valence-electron chi connectivity index (χ1n) is 11.1. The number of aromatic nitrogens is 2. The van der Waals surface area contributed by atoms with Crippen LogP contribution in [0.5, 0.6) is 5.75 Å². The van der Waals surface area contributed by atoms with Crippen LogP contribution in [0.4, 0.5) is 43.8 Å². The van der Waals surface area contributed by atoms with Gasteiger partial charge in [-0.05, 0) is 37.1 Å². The lowest BCUT2D eigenvalue weighted by Gasteiger charge is -2.23. The summed E-state index contributed by atoms with van der Waals surface area (Å²) in [5.41, 5.74) is -0.949. The summed E-state index contributed by atoms with van der Waals surface area (Å²) in [5.74, 6) is -0.343. The van der Waals surface area contributed by atoms with Crippen molar-refractivity contribution in [3.05, 3.63) is 59.1 Å². The van der Waals surface area contributed by atoms with Crippen LogP contribution in [-0.2, 0) is 6.18 Å². The van der Waals surface area contributed by atoms with Crippen molar-refractivity contribution in [2.45, 2.75) is 50.7 Å². The molecule has 0 bridgehead atoms. The number of anilines is 3. The standard InChI is InChI=1S/C24H21ClF6N4O/c25-18-11-5-10-17(23(26,27)28)21(18)34-20-13-19(14-6-4-9-16(12-14)36-24(29,30)31)33-22(35-20)32-15-7-2-1-3-8-15/h4-6,9-13,15H,1-3,7-8H2,(H2,32,33,34,35). The number of benzene rings is 2. The van der Waals surface area contributed by atoms with Gasteiger partial charge in [-0.3, -0.25) is 0 Å². The Hall–Kier alpha value is -3.21. The molecule has 0 aliphatic heterocycles. The van der Waals surface area contributed by atoms with Gasteiger partial charge in [0.1, 0.15) is 11.6 Å². The van der Waals surface area contributed by atoms with Crippen LogP contribution in [0.2, 0.25) is 5.02 Å². The summed E-state index contributed by atoms with van der Waals surface area (Å²) in [5, 5.41) is 5.66. The van der Waals surface area contributed by atoms with E-state index in [0.717, 1.165) is 50.3 Å². The second kappa shape index (κ2) is 10.4. The lowest BCUT2D eigenvalue weighted by atomic mass is 9.96. The predicted molar refractivity (Wildman–Crippen MR) is 124 cm³/mol. The molecule has 2 aromatic carbocycles. The third kappa shape index (κ3) is 6.71. The van der Waals surface area contributed by atoms with Gasteiger partial charge in [0.15, 0.2) is 0 Å². The van der Waals surface area contributed by atoms with Crippen molar-refractivity contribution >= 4 is 29.1 Å². The Kier molecular flexibility index (Phi) is 7.49. The van der Waals surface area contributed by atoms with Gasteiger partial charge in [-0.1, -0.05) is 49.1 Å². The van der Waals surface area contributed by atoms with E-state index in [4.69, 9.17) is 11.6 Å². The minimum Gasteiger partial charge on any atom is -0.406 e.